The van der Waals surface area contributed by atoms with Crippen LogP contribution in [0.2, 0.25) is 0 Å². The lowest BCUT2D eigenvalue weighted by Gasteiger charge is -2.76. The molecular formula is C21H30O7. The van der Waals surface area contributed by atoms with Crippen LogP contribution in [-0.4, -0.2) is 63.7 Å². The molecule has 4 aliphatic carbocycles. The Labute approximate surface area is 164 Å². The average Bonchev–Trinajstić information content (AvgIpc) is 2.82. The third kappa shape index (κ3) is 1.66. The Hall–Kier alpha value is -0.830. The highest BCUT2D eigenvalue weighted by Gasteiger charge is 2.88. The van der Waals surface area contributed by atoms with Crippen LogP contribution < -0.4 is 0 Å². The summed E-state index contributed by atoms with van der Waals surface area (Å²) in [4.78, 5) is 13.5. The van der Waals surface area contributed by atoms with Crippen LogP contribution in [0.5, 0.6) is 0 Å². The van der Waals surface area contributed by atoms with Gasteiger partial charge in [0.15, 0.2) is 12.1 Å². The van der Waals surface area contributed by atoms with Gasteiger partial charge in [-0.25, -0.2) is 0 Å². The second-order valence-corrected chi connectivity index (χ2v) is 10.4. The fourth-order valence-corrected chi connectivity index (χ4v) is 8.15. The van der Waals surface area contributed by atoms with E-state index in [-0.39, 0.29) is 18.1 Å². The number of fused-ring (bicyclic) bond motifs is 2. The Morgan fingerprint density at radius 3 is 2.54 bits per heavy atom. The van der Waals surface area contributed by atoms with Crippen LogP contribution in [0.25, 0.3) is 0 Å². The number of aliphatic hydroxyl groups is 4. The van der Waals surface area contributed by atoms with Gasteiger partial charge in [0.2, 0.25) is 5.79 Å². The number of hydrogen-bond donors (Lipinski definition) is 4. The lowest BCUT2D eigenvalue weighted by molar-refractivity contribution is -0.508. The van der Waals surface area contributed by atoms with Gasteiger partial charge < -0.3 is 29.9 Å². The maximum atomic E-state index is 13.5. The number of hydrogen-bond acceptors (Lipinski definition) is 7. The monoisotopic (exact) mass is 394 g/mol. The van der Waals surface area contributed by atoms with E-state index in [1.807, 2.05) is 13.8 Å². The number of aliphatic hydroxyl groups excluding tert-OH is 3. The van der Waals surface area contributed by atoms with E-state index in [1.165, 1.54) is 7.11 Å². The van der Waals surface area contributed by atoms with E-state index in [0.29, 0.717) is 24.8 Å². The minimum Gasteiger partial charge on any atom is -0.393 e. The zero-order chi connectivity index (χ0) is 20.4. The molecule has 0 amide bonds. The van der Waals surface area contributed by atoms with Gasteiger partial charge in [0.05, 0.1) is 23.0 Å². The third-order valence-electron chi connectivity index (χ3n) is 9.02. The number of ketones is 1. The number of carbonyl (C=O) groups is 1. The van der Waals surface area contributed by atoms with Crippen LogP contribution in [0, 0.1) is 34.0 Å². The van der Waals surface area contributed by atoms with Crippen molar-refractivity contribution in [2.45, 2.75) is 69.9 Å². The predicted molar refractivity (Wildman–Crippen MR) is 96.6 cm³/mol. The standard InChI is InChI=1S/C21H30O7/c1-9-10-7-11(22)13-19(8-10,15(9)24)21(26)16(25)14-18(2,3)6-5-12(23)20(13,14)17(27-4)28-21/h10-14,16-17,22-23,25-26H,1,5-8H2,2-4H3/t10-,11+,12+,13+,14-,16+,17+,19+,20-,21-/m1/s1. The molecule has 6 fully saturated rings. The minimum absolute atomic E-state index is 0.262. The van der Waals surface area contributed by atoms with E-state index in [0.717, 1.165) is 0 Å². The Bertz CT molecular complexity index is 764. The molecule has 0 aromatic heterocycles. The van der Waals surface area contributed by atoms with Crippen molar-refractivity contribution in [2.24, 2.45) is 34.0 Å². The summed E-state index contributed by atoms with van der Waals surface area (Å²) in [5.74, 6) is -4.20. The van der Waals surface area contributed by atoms with Crippen LogP contribution in [0.15, 0.2) is 12.2 Å². The molecule has 6 rings (SSSR count). The molecule has 156 valence electrons. The van der Waals surface area contributed by atoms with E-state index in [4.69, 9.17) is 9.47 Å². The molecule has 0 aromatic rings. The molecule has 7 nitrogen and oxygen atoms in total. The molecule has 0 aromatic carbocycles. The van der Waals surface area contributed by atoms with Gasteiger partial charge in [-0.3, -0.25) is 4.79 Å². The van der Waals surface area contributed by atoms with E-state index in [2.05, 4.69) is 6.58 Å². The topological polar surface area (TPSA) is 116 Å². The predicted octanol–water partition coefficient (Wildman–Crippen LogP) is 0.348. The lowest BCUT2D eigenvalue weighted by atomic mass is 9.35. The van der Waals surface area contributed by atoms with Crippen molar-refractivity contribution in [3.05, 3.63) is 12.2 Å². The molecule has 2 heterocycles. The van der Waals surface area contributed by atoms with Crippen molar-refractivity contribution >= 4 is 5.78 Å². The summed E-state index contributed by atoms with van der Waals surface area (Å²) < 4.78 is 11.6. The first-order valence-corrected chi connectivity index (χ1v) is 10.2. The molecule has 28 heavy (non-hydrogen) atoms. The molecule has 10 atom stereocenters. The maximum Gasteiger partial charge on any atom is 0.208 e. The van der Waals surface area contributed by atoms with E-state index in [1.54, 1.807) is 0 Å². The summed E-state index contributed by atoms with van der Waals surface area (Å²) >= 11 is 0. The SMILES string of the molecule is C=C1C(=O)[C@]23C[C@H]1C[C@H](O)[C@@H]2[C@@]12[C@@H](OC)O[C@]3(O)[C@@H](O)[C@@H]1C(C)(C)CC[C@@H]2O. The summed E-state index contributed by atoms with van der Waals surface area (Å²) in [6, 6.07) is 0. The fourth-order valence-electron chi connectivity index (χ4n) is 8.15. The summed E-state index contributed by atoms with van der Waals surface area (Å²) in [5, 5.41) is 45.9. The van der Waals surface area contributed by atoms with Gasteiger partial charge in [-0.1, -0.05) is 20.4 Å². The van der Waals surface area contributed by atoms with Gasteiger partial charge in [-0.05, 0) is 42.6 Å². The van der Waals surface area contributed by atoms with Gasteiger partial charge >= 0.3 is 0 Å². The maximum absolute atomic E-state index is 13.5. The number of ether oxygens (including phenoxy) is 2. The fraction of sp³-hybridized carbons (Fsp3) is 0.857. The van der Waals surface area contributed by atoms with E-state index < -0.39 is 58.5 Å². The van der Waals surface area contributed by atoms with Crippen molar-refractivity contribution in [1.29, 1.82) is 0 Å². The van der Waals surface area contributed by atoms with E-state index >= 15 is 0 Å². The van der Waals surface area contributed by atoms with E-state index in [9.17, 15) is 25.2 Å². The molecular weight excluding hydrogens is 364 g/mol. The largest absolute Gasteiger partial charge is 0.393 e. The highest BCUT2D eigenvalue weighted by molar-refractivity contribution is 6.04. The second-order valence-electron chi connectivity index (χ2n) is 10.4. The molecule has 2 spiro atoms. The third-order valence-corrected chi connectivity index (χ3v) is 9.02. The summed E-state index contributed by atoms with van der Waals surface area (Å²) in [6.07, 6.45) is -2.61. The van der Waals surface area contributed by atoms with Crippen LogP contribution in [-0.2, 0) is 14.3 Å². The van der Waals surface area contributed by atoms with Crippen molar-refractivity contribution < 1.29 is 34.7 Å². The molecule has 4 bridgehead atoms. The Morgan fingerprint density at radius 2 is 1.89 bits per heavy atom. The number of methoxy groups -OCH3 is 1. The first-order valence-electron chi connectivity index (χ1n) is 10.2. The summed E-state index contributed by atoms with van der Waals surface area (Å²) in [5.41, 5.74) is -2.81. The summed E-state index contributed by atoms with van der Waals surface area (Å²) in [6.45, 7) is 7.91. The molecule has 2 saturated heterocycles. The Balaban J connectivity index is 1.85. The highest BCUT2D eigenvalue weighted by Crippen LogP contribution is 2.77. The number of carbonyl (C=O) groups excluding carboxylic acids is 1. The van der Waals surface area contributed by atoms with Crippen LogP contribution >= 0.6 is 0 Å². The quantitative estimate of drug-likeness (QED) is 0.474. The zero-order valence-corrected chi connectivity index (χ0v) is 16.6. The second kappa shape index (κ2) is 5.25. The smallest absolute Gasteiger partial charge is 0.208 e. The van der Waals surface area contributed by atoms with Crippen molar-refractivity contribution in [3.63, 3.8) is 0 Å². The van der Waals surface area contributed by atoms with Gasteiger partial charge in [0, 0.05) is 18.9 Å². The van der Waals surface area contributed by atoms with Gasteiger partial charge in [0.25, 0.3) is 0 Å². The minimum atomic E-state index is -2.20. The molecule has 6 aliphatic rings. The molecule has 7 heteroatoms. The number of Topliss-reactive ketones (excluding diaryl/α,β-unsaturated/α-hetero) is 1. The van der Waals surface area contributed by atoms with Crippen LogP contribution in [0.4, 0.5) is 0 Å². The summed E-state index contributed by atoms with van der Waals surface area (Å²) in [7, 11) is 1.43. The van der Waals surface area contributed by atoms with Crippen molar-refractivity contribution in [3.8, 4) is 0 Å². The number of rotatable bonds is 1. The first kappa shape index (κ1) is 19.2. The molecule has 0 radical (unpaired) electrons. The molecule has 4 saturated carbocycles. The Morgan fingerprint density at radius 1 is 1.21 bits per heavy atom. The van der Waals surface area contributed by atoms with Crippen LogP contribution in [0.1, 0.15) is 39.5 Å². The van der Waals surface area contributed by atoms with Gasteiger partial charge in [0.1, 0.15) is 6.10 Å². The first-order chi connectivity index (χ1) is 13.0. The Kier molecular flexibility index (Phi) is 3.59. The normalized spacial score (nSPS) is 59.2. The molecule has 2 aliphatic heterocycles. The van der Waals surface area contributed by atoms with Crippen LogP contribution in [0.3, 0.4) is 0 Å². The highest BCUT2D eigenvalue weighted by atomic mass is 16.7. The van der Waals surface area contributed by atoms with Crippen molar-refractivity contribution in [2.75, 3.05) is 7.11 Å². The van der Waals surface area contributed by atoms with Crippen molar-refractivity contribution in [1.82, 2.24) is 0 Å². The number of allylic oxidation sites excluding steroid dienone is 1. The molecule has 4 N–H and O–H groups in total. The molecule has 0 unspecified atom stereocenters. The van der Waals surface area contributed by atoms with Gasteiger partial charge in [-0.15, -0.1) is 0 Å². The lowest BCUT2D eigenvalue weighted by Crippen LogP contribution is -2.87. The zero-order valence-electron chi connectivity index (χ0n) is 16.6. The van der Waals surface area contributed by atoms with Gasteiger partial charge in [-0.2, -0.15) is 0 Å². The average molecular weight is 394 g/mol.